The summed E-state index contributed by atoms with van der Waals surface area (Å²) in [5.41, 5.74) is -8.37. The van der Waals surface area contributed by atoms with Gasteiger partial charge in [0.1, 0.15) is 36.7 Å². The Labute approximate surface area is 312 Å². The number of carboxylic acids is 3. The van der Waals surface area contributed by atoms with Crippen LogP contribution in [0.25, 0.3) is 0 Å². The number of carboxylic acid groups (broad SMARTS) is 3. The van der Waals surface area contributed by atoms with Crippen molar-refractivity contribution in [1.29, 1.82) is 0 Å². The van der Waals surface area contributed by atoms with Gasteiger partial charge in [0, 0.05) is 34.4 Å². The van der Waals surface area contributed by atoms with Crippen LogP contribution in [0.1, 0.15) is 95.3 Å². The summed E-state index contributed by atoms with van der Waals surface area (Å²) >= 11 is 0. The van der Waals surface area contributed by atoms with Gasteiger partial charge in [-0.15, -0.1) is 0 Å². The summed E-state index contributed by atoms with van der Waals surface area (Å²) in [6.45, 7) is -3.02. The molecule has 3 aromatic rings. The molecule has 6 aliphatic rings. The Bertz CT molecular complexity index is 1980. The first-order valence-corrected chi connectivity index (χ1v) is 16.3. The van der Waals surface area contributed by atoms with Crippen LogP contribution >= 0.6 is 0 Å². The molecule has 3 saturated carbocycles. The Kier molecular flexibility index (Phi) is 9.36. The van der Waals surface area contributed by atoms with E-state index in [1.807, 2.05) is 0 Å². The first-order chi connectivity index (χ1) is 25.9. The van der Waals surface area contributed by atoms with E-state index in [1.54, 1.807) is 0 Å². The molecule has 0 spiro atoms. The Hall–Kier alpha value is -5.01. The highest BCUT2D eigenvalue weighted by atomic mass is 19.4. The van der Waals surface area contributed by atoms with Crippen LogP contribution in [0.2, 0.25) is 0 Å². The van der Waals surface area contributed by atoms with E-state index in [9.17, 15) is 80.2 Å². The fourth-order valence-electron chi connectivity index (χ4n) is 8.16. The van der Waals surface area contributed by atoms with Gasteiger partial charge in [0.25, 0.3) is 17.8 Å². The smallest absolute Gasteiger partial charge is 0.435 e. The zero-order valence-corrected chi connectivity index (χ0v) is 27.6. The van der Waals surface area contributed by atoms with Crippen LogP contribution in [0.4, 0.5) is 65.9 Å². The van der Waals surface area contributed by atoms with Gasteiger partial charge in [0.15, 0.2) is 17.1 Å². The monoisotopic (exact) mass is 862 g/mol. The van der Waals surface area contributed by atoms with Gasteiger partial charge >= 0.3 is 36.4 Å². The first-order valence-electron chi connectivity index (χ1n) is 16.3. The average molecular weight is 863 g/mol. The van der Waals surface area contributed by atoms with Crippen LogP contribution in [-0.4, -0.2) is 62.6 Å². The number of rotatable bonds is 6. The zero-order valence-electron chi connectivity index (χ0n) is 27.6. The molecule has 320 valence electrons. The number of aliphatic carboxylic acids is 3. The lowest BCUT2D eigenvalue weighted by Crippen LogP contribution is -2.22. The van der Waals surface area contributed by atoms with E-state index in [1.165, 1.54) is 0 Å². The van der Waals surface area contributed by atoms with E-state index in [0.29, 0.717) is 0 Å². The van der Waals surface area contributed by atoms with Crippen LogP contribution in [0.5, 0.6) is 0 Å². The minimum absolute atomic E-state index is 0. The number of aromatic nitrogens is 6. The molecule has 0 aromatic carbocycles. The van der Waals surface area contributed by atoms with E-state index in [2.05, 4.69) is 15.3 Å². The van der Waals surface area contributed by atoms with E-state index >= 15 is 0 Å². The lowest BCUT2D eigenvalue weighted by Gasteiger charge is -2.14. The average Bonchev–Trinajstić information content (AvgIpc) is 3.96. The fraction of sp³-hybridized carbons (Fsp3) is 0.613. The van der Waals surface area contributed by atoms with Crippen LogP contribution in [0, 0.1) is 17.8 Å². The lowest BCUT2D eigenvalue weighted by atomic mass is 10.1. The van der Waals surface area contributed by atoms with Gasteiger partial charge in [-0.3, -0.25) is 28.4 Å². The van der Waals surface area contributed by atoms with E-state index in [4.69, 9.17) is 15.3 Å². The van der Waals surface area contributed by atoms with E-state index in [-0.39, 0.29) is 40.7 Å². The molecule has 27 heteroatoms. The zero-order chi connectivity index (χ0) is 42.5. The number of fused-ring (bicyclic) bond motifs is 9. The molecule has 0 saturated heterocycles. The summed E-state index contributed by atoms with van der Waals surface area (Å²) < 4.78 is 199. The second kappa shape index (κ2) is 12.7. The second-order valence-electron chi connectivity index (χ2n) is 14.2. The van der Waals surface area contributed by atoms with Crippen molar-refractivity contribution in [3.05, 3.63) is 50.9 Å². The van der Waals surface area contributed by atoms with Crippen molar-refractivity contribution in [2.75, 3.05) is 0 Å². The van der Waals surface area contributed by atoms with Gasteiger partial charge in [-0.2, -0.15) is 81.2 Å². The predicted octanol–water partition coefficient (Wildman–Crippen LogP) is 7.22. The number of carbonyl (C=O) groups is 3. The molecule has 6 atom stereocenters. The molecule has 3 fully saturated rings. The normalized spacial score (nSPS) is 26.5. The van der Waals surface area contributed by atoms with Crippen LogP contribution in [0.15, 0.2) is 0 Å². The molecule has 6 aliphatic carbocycles. The number of halogens is 15. The SMILES string of the molecule is C.O=C(O)Cn1nc(C(F)(F)F)c2c1C(F)(F)C1CC21.O=C(O)Cn1nc(C(F)(F)F)c2c1C(F)(F)[C@@H]1C[C@H]21.O=C(O)Cn1nc(C(F)(F)F)c2c1C(F)(F)[C@H]1C[C@@H]21. The molecular weight excluding hydrogens is 837 g/mol. The Morgan fingerprint density at radius 1 is 0.500 bits per heavy atom. The van der Waals surface area contributed by atoms with Crippen LogP contribution in [-0.2, 0) is 70.3 Å². The molecule has 3 aromatic heterocycles. The van der Waals surface area contributed by atoms with Crippen LogP contribution < -0.4 is 0 Å². The van der Waals surface area contributed by atoms with Gasteiger partial charge in [-0.05, 0) is 37.0 Å². The largest absolute Gasteiger partial charge is 0.480 e. The topological polar surface area (TPSA) is 165 Å². The second-order valence-corrected chi connectivity index (χ2v) is 14.2. The standard InChI is InChI=1S/3C10H7F5N2O2.CH4/c3*11-9(12)4-1-3(4)6-7(10(13,14)15)16-17(8(6)9)2-5(18)19;/h3*3-4H,1-2H2,(H,18,19);1H4/t2*3-,4+;;/m10../s1. The maximum absolute atomic E-state index is 13.9. The van der Waals surface area contributed by atoms with Gasteiger partial charge in [-0.1, -0.05) is 7.43 Å². The molecule has 3 heterocycles. The first kappa shape index (κ1) is 42.6. The van der Waals surface area contributed by atoms with Gasteiger partial charge in [0.05, 0.1) is 0 Å². The fourth-order valence-corrected chi connectivity index (χ4v) is 8.16. The molecule has 0 radical (unpaired) electrons. The van der Waals surface area contributed by atoms with Gasteiger partial charge < -0.3 is 15.3 Å². The van der Waals surface area contributed by atoms with Crippen LogP contribution in [0.3, 0.4) is 0 Å². The van der Waals surface area contributed by atoms with E-state index < -0.39 is 160 Å². The Balaban J connectivity index is 0.000000145. The maximum atomic E-state index is 13.9. The molecule has 12 nitrogen and oxygen atoms in total. The van der Waals surface area contributed by atoms with Crippen molar-refractivity contribution >= 4 is 17.9 Å². The third-order valence-corrected chi connectivity index (χ3v) is 10.5. The predicted molar refractivity (Wildman–Crippen MR) is 156 cm³/mol. The third-order valence-electron chi connectivity index (χ3n) is 10.5. The molecule has 3 N–H and O–H groups in total. The molecule has 58 heavy (non-hydrogen) atoms. The lowest BCUT2D eigenvalue weighted by molar-refractivity contribution is -0.143. The summed E-state index contributed by atoms with van der Waals surface area (Å²) in [5, 5.41) is 34.9. The molecular formula is C31H25F15N6O6. The van der Waals surface area contributed by atoms with Crippen molar-refractivity contribution in [1.82, 2.24) is 29.3 Å². The third kappa shape index (κ3) is 6.60. The van der Waals surface area contributed by atoms with Crippen molar-refractivity contribution in [3.8, 4) is 0 Å². The molecule has 9 rings (SSSR count). The summed E-state index contributed by atoms with van der Waals surface area (Å²) in [4.78, 5) is 31.6. The number of nitrogens with zero attached hydrogens (tertiary/aromatic N) is 6. The van der Waals surface area contributed by atoms with Crippen molar-refractivity contribution in [3.63, 3.8) is 0 Å². The minimum Gasteiger partial charge on any atom is -0.480 e. The summed E-state index contributed by atoms with van der Waals surface area (Å²) in [6, 6.07) is 0. The quantitative estimate of drug-likeness (QED) is 0.217. The number of alkyl halides is 15. The highest BCUT2D eigenvalue weighted by molar-refractivity contribution is 5.68. The molecule has 0 aliphatic heterocycles. The van der Waals surface area contributed by atoms with Gasteiger partial charge in [-0.25, -0.2) is 0 Å². The summed E-state index contributed by atoms with van der Waals surface area (Å²) in [7, 11) is 0. The van der Waals surface area contributed by atoms with Crippen molar-refractivity contribution in [2.45, 2.75) is 100 Å². The minimum atomic E-state index is -4.86. The molecule has 0 bridgehead atoms. The summed E-state index contributed by atoms with van der Waals surface area (Å²) in [6.07, 6.45) is -14.6. The summed E-state index contributed by atoms with van der Waals surface area (Å²) in [5.74, 6) is -20.9. The molecule has 0 amide bonds. The highest BCUT2D eigenvalue weighted by Crippen LogP contribution is 2.70. The van der Waals surface area contributed by atoms with Crippen molar-refractivity contribution in [2.24, 2.45) is 17.8 Å². The number of hydrogen-bond donors (Lipinski definition) is 3. The Morgan fingerprint density at radius 3 is 0.879 bits per heavy atom. The van der Waals surface area contributed by atoms with Crippen molar-refractivity contribution < 1.29 is 95.6 Å². The molecule has 2 unspecified atom stereocenters. The highest BCUT2D eigenvalue weighted by Gasteiger charge is 2.70. The number of hydrogen-bond acceptors (Lipinski definition) is 6. The maximum Gasteiger partial charge on any atom is 0.435 e. The van der Waals surface area contributed by atoms with Gasteiger partial charge in [0.2, 0.25) is 0 Å². The Morgan fingerprint density at radius 2 is 0.707 bits per heavy atom. The van der Waals surface area contributed by atoms with E-state index in [0.717, 1.165) is 0 Å².